The van der Waals surface area contributed by atoms with Gasteiger partial charge in [0.2, 0.25) is 0 Å². The number of hydrogen-bond donors (Lipinski definition) is 1. The van der Waals surface area contributed by atoms with Gasteiger partial charge in [-0.25, -0.2) is 0 Å². The van der Waals surface area contributed by atoms with Crippen molar-refractivity contribution in [2.24, 2.45) is 0 Å². The summed E-state index contributed by atoms with van der Waals surface area (Å²) in [4.78, 5) is 0. The van der Waals surface area contributed by atoms with Crippen LogP contribution in [0.4, 0.5) is 0 Å². The molecule has 3 heteroatoms. The van der Waals surface area contributed by atoms with Crippen molar-refractivity contribution in [3.8, 4) is 0 Å². The maximum Gasteiger partial charge on any atom is 0.0628 e. The van der Waals surface area contributed by atoms with Gasteiger partial charge in [0.1, 0.15) is 0 Å². The van der Waals surface area contributed by atoms with Crippen LogP contribution in [0.1, 0.15) is 13.3 Å². The predicted molar refractivity (Wildman–Crippen MR) is 45.5 cm³/mol. The van der Waals surface area contributed by atoms with Crippen molar-refractivity contribution in [3.05, 3.63) is 0 Å². The molecule has 10 heavy (non-hydrogen) atoms. The van der Waals surface area contributed by atoms with Crippen LogP contribution in [0.25, 0.3) is 0 Å². The minimum absolute atomic E-state index is 0.137. The van der Waals surface area contributed by atoms with Gasteiger partial charge in [0.15, 0.2) is 0 Å². The lowest BCUT2D eigenvalue weighted by Crippen LogP contribution is -2.08. The number of aliphatic hydroxyl groups excluding tert-OH is 1. The molecule has 0 aliphatic heterocycles. The Balaban J connectivity index is 2.89. The van der Waals surface area contributed by atoms with E-state index in [4.69, 9.17) is 9.84 Å². The quantitative estimate of drug-likeness (QED) is 0.597. The van der Waals surface area contributed by atoms with E-state index in [1.165, 1.54) is 0 Å². The van der Waals surface area contributed by atoms with Gasteiger partial charge in [-0.05, 0) is 6.42 Å². The lowest BCUT2D eigenvalue weighted by Gasteiger charge is -2.05. The Kier molecular flexibility index (Phi) is 7.58. The highest BCUT2D eigenvalue weighted by molar-refractivity contribution is 7.99. The van der Waals surface area contributed by atoms with Crippen LogP contribution in [0.5, 0.6) is 0 Å². The maximum atomic E-state index is 9.10. The summed E-state index contributed by atoms with van der Waals surface area (Å²) < 4.78 is 4.85. The third kappa shape index (κ3) is 6.39. The Bertz CT molecular complexity index is 68.6. The first-order valence-corrected chi connectivity index (χ1v) is 4.71. The molecule has 0 fully saturated rings. The molecule has 0 aromatic heterocycles. The van der Waals surface area contributed by atoms with Gasteiger partial charge in [-0.15, -0.1) is 0 Å². The summed E-state index contributed by atoms with van der Waals surface area (Å²) in [6, 6.07) is 0. The van der Waals surface area contributed by atoms with Gasteiger partial charge in [0.05, 0.1) is 12.7 Å². The van der Waals surface area contributed by atoms with Crippen LogP contribution < -0.4 is 0 Å². The van der Waals surface area contributed by atoms with Gasteiger partial charge >= 0.3 is 0 Å². The molecular formula is C7H16O2S. The number of methoxy groups -OCH3 is 1. The second-order valence-corrected chi connectivity index (χ2v) is 3.28. The molecule has 0 spiro atoms. The lowest BCUT2D eigenvalue weighted by atomic mass is 10.3. The van der Waals surface area contributed by atoms with Crippen molar-refractivity contribution in [2.75, 3.05) is 25.2 Å². The first kappa shape index (κ1) is 10.3. The Morgan fingerprint density at radius 1 is 1.60 bits per heavy atom. The van der Waals surface area contributed by atoms with Crippen molar-refractivity contribution in [3.63, 3.8) is 0 Å². The average Bonchev–Trinajstić information content (AvgIpc) is 1.98. The summed E-state index contributed by atoms with van der Waals surface area (Å²) >= 11 is 1.74. The molecule has 1 N–H and O–H groups in total. The summed E-state index contributed by atoms with van der Waals surface area (Å²) in [6.07, 6.45) is 0.710. The zero-order valence-electron chi connectivity index (χ0n) is 6.67. The molecule has 0 aromatic carbocycles. The Labute approximate surface area is 67.0 Å². The van der Waals surface area contributed by atoms with Crippen molar-refractivity contribution >= 4 is 11.8 Å². The van der Waals surface area contributed by atoms with E-state index in [0.29, 0.717) is 0 Å². The summed E-state index contributed by atoms with van der Waals surface area (Å²) in [5, 5.41) is 9.10. The second kappa shape index (κ2) is 7.38. The molecular weight excluding hydrogens is 148 g/mol. The van der Waals surface area contributed by atoms with Crippen LogP contribution >= 0.6 is 11.8 Å². The summed E-state index contributed by atoms with van der Waals surface area (Å²) in [5.74, 6) is 1.81. The molecule has 1 atom stereocenters. The molecule has 0 aliphatic rings. The number of thioether (sulfide) groups is 1. The highest BCUT2D eigenvalue weighted by Gasteiger charge is 1.98. The van der Waals surface area contributed by atoms with Crippen molar-refractivity contribution < 1.29 is 9.84 Å². The highest BCUT2D eigenvalue weighted by atomic mass is 32.2. The van der Waals surface area contributed by atoms with Gasteiger partial charge in [-0.2, -0.15) is 11.8 Å². The minimum atomic E-state index is -0.137. The Hall–Kier alpha value is 0.270. The molecule has 0 amide bonds. The van der Waals surface area contributed by atoms with E-state index in [1.807, 2.05) is 6.92 Å². The Morgan fingerprint density at radius 3 is 2.80 bits per heavy atom. The van der Waals surface area contributed by atoms with Crippen LogP contribution in [-0.2, 0) is 4.74 Å². The van der Waals surface area contributed by atoms with E-state index in [-0.39, 0.29) is 6.10 Å². The topological polar surface area (TPSA) is 29.5 Å². The number of hydrogen-bond acceptors (Lipinski definition) is 3. The van der Waals surface area contributed by atoms with Crippen LogP contribution in [0.2, 0.25) is 0 Å². The van der Waals surface area contributed by atoms with E-state index in [0.717, 1.165) is 24.5 Å². The SMILES string of the molecule is CCC(O)CSCCOC. The molecule has 0 rings (SSSR count). The third-order valence-corrected chi connectivity index (χ3v) is 2.29. The summed E-state index contributed by atoms with van der Waals surface area (Å²) in [6.45, 7) is 2.77. The maximum absolute atomic E-state index is 9.10. The molecule has 0 aliphatic carbocycles. The third-order valence-electron chi connectivity index (χ3n) is 1.21. The lowest BCUT2D eigenvalue weighted by molar-refractivity contribution is 0.194. The van der Waals surface area contributed by atoms with Gasteiger partial charge < -0.3 is 9.84 Å². The zero-order chi connectivity index (χ0) is 7.82. The van der Waals surface area contributed by atoms with Crippen LogP contribution in [-0.4, -0.2) is 36.4 Å². The van der Waals surface area contributed by atoms with Gasteiger partial charge in [0.25, 0.3) is 0 Å². The average molecular weight is 164 g/mol. The summed E-state index contributed by atoms with van der Waals surface area (Å²) in [7, 11) is 1.69. The molecule has 0 aromatic rings. The molecule has 0 bridgehead atoms. The number of ether oxygens (including phenoxy) is 1. The van der Waals surface area contributed by atoms with E-state index >= 15 is 0 Å². The normalized spacial score (nSPS) is 13.5. The minimum Gasteiger partial charge on any atom is -0.392 e. The standard InChI is InChI=1S/C7H16O2S/c1-3-7(8)6-10-5-4-9-2/h7-8H,3-6H2,1-2H3. The monoisotopic (exact) mass is 164 g/mol. The van der Waals surface area contributed by atoms with E-state index < -0.39 is 0 Å². The zero-order valence-corrected chi connectivity index (χ0v) is 7.49. The van der Waals surface area contributed by atoms with E-state index in [2.05, 4.69) is 0 Å². The first-order chi connectivity index (χ1) is 4.81. The highest BCUT2D eigenvalue weighted by Crippen LogP contribution is 2.04. The van der Waals surface area contributed by atoms with Crippen molar-refractivity contribution in [1.29, 1.82) is 0 Å². The predicted octanol–water partition coefficient (Wildman–Crippen LogP) is 1.14. The van der Waals surface area contributed by atoms with Gasteiger partial charge in [-0.3, -0.25) is 0 Å². The van der Waals surface area contributed by atoms with Crippen LogP contribution in [0.3, 0.4) is 0 Å². The van der Waals surface area contributed by atoms with E-state index in [9.17, 15) is 0 Å². The molecule has 2 nitrogen and oxygen atoms in total. The van der Waals surface area contributed by atoms with Gasteiger partial charge in [0, 0.05) is 18.6 Å². The molecule has 0 saturated carbocycles. The fourth-order valence-corrected chi connectivity index (χ4v) is 1.44. The first-order valence-electron chi connectivity index (χ1n) is 3.56. The van der Waals surface area contributed by atoms with E-state index in [1.54, 1.807) is 18.9 Å². The van der Waals surface area contributed by atoms with Crippen LogP contribution in [0, 0.1) is 0 Å². The molecule has 0 radical (unpaired) electrons. The van der Waals surface area contributed by atoms with Gasteiger partial charge in [-0.1, -0.05) is 6.92 Å². The largest absolute Gasteiger partial charge is 0.392 e. The second-order valence-electron chi connectivity index (χ2n) is 2.13. The molecule has 0 saturated heterocycles. The fraction of sp³-hybridized carbons (Fsp3) is 1.00. The van der Waals surface area contributed by atoms with Crippen LogP contribution in [0.15, 0.2) is 0 Å². The number of aliphatic hydroxyl groups is 1. The summed E-state index contributed by atoms with van der Waals surface area (Å²) in [5.41, 5.74) is 0. The molecule has 1 unspecified atom stereocenters. The smallest absolute Gasteiger partial charge is 0.0628 e. The van der Waals surface area contributed by atoms with Crippen molar-refractivity contribution in [1.82, 2.24) is 0 Å². The van der Waals surface area contributed by atoms with Crippen molar-refractivity contribution in [2.45, 2.75) is 19.4 Å². The molecule has 62 valence electrons. The number of rotatable bonds is 6. The molecule has 0 heterocycles. The Morgan fingerprint density at radius 2 is 2.30 bits per heavy atom. The fourth-order valence-electron chi connectivity index (χ4n) is 0.479.